The summed E-state index contributed by atoms with van der Waals surface area (Å²) >= 11 is 0. The summed E-state index contributed by atoms with van der Waals surface area (Å²) in [5.41, 5.74) is -0.610. The first kappa shape index (κ1) is 21.1. The van der Waals surface area contributed by atoms with Crippen LogP contribution in [0.15, 0.2) is 0 Å². The number of morpholine rings is 1. The maximum atomic E-state index is 13.3. The number of ether oxygens (including phenoxy) is 1. The van der Waals surface area contributed by atoms with Gasteiger partial charge in [-0.3, -0.25) is 14.6 Å². The average molecular weight is 407 g/mol. The highest BCUT2D eigenvalue weighted by molar-refractivity contribution is 6.07. The van der Waals surface area contributed by atoms with E-state index < -0.39 is 5.54 Å². The minimum atomic E-state index is -0.688. The number of carbonyl (C=O) groups is 2. The molecule has 29 heavy (non-hydrogen) atoms. The SMILES string of the molecule is CC1CC(C)(C)CC2(C1)NC(=O)N(CN1CCC(CN3CCOCC3)CC1)C2=O. The number of likely N-dealkylation sites (tertiary alicyclic amines) is 1. The average Bonchev–Trinajstić information content (AvgIpc) is 2.86. The van der Waals surface area contributed by atoms with E-state index in [0.717, 1.165) is 78.0 Å². The third-order valence-electron chi connectivity index (χ3n) is 7.29. The van der Waals surface area contributed by atoms with Crippen LogP contribution in [0.25, 0.3) is 0 Å². The Labute approximate surface area is 175 Å². The van der Waals surface area contributed by atoms with Crippen LogP contribution in [0, 0.1) is 17.3 Å². The van der Waals surface area contributed by atoms with Gasteiger partial charge in [0.1, 0.15) is 5.54 Å². The van der Waals surface area contributed by atoms with Crippen molar-refractivity contribution in [3.05, 3.63) is 0 Å². The highest BCUT2D eigenvalue weighted by atomic mass is 16.5. The molecule has 0 aromatic rings. The van der Waals surface area contributed by atoms with Crippen LogP contribution in [-0.4, -0.2) is 84.8 Å². The Morgan fingerprint density at radius 3 is 2.38 bits per heavy atom. The van der Waals surface area contributed by atoms with Gasteiger partial charge in [-0.05, 0) is 49.4 Å². The highest BCUT2D eigenvalue weighted by Gasteiger charge is 2.56. The number of hydrogen-bond donors (Lipinski definition) is 1. The Bertz CT molecular complexity index is 626. The van der Waals surface area contributed by atoms with Crippen molar-refractivity contribution in [2.45, 2.75) is 58.4 Å². The maximum absolute atomic E-state index is 13.3. The summed E-state index contributed by atoms with van der Waals surface area (Å²) in [4.78, 5) is 32.3. The van der Waals surface area contributed by atoms with Crippen molar-refractivity contribution in [2.24, 2.45) is 17.3 Å². The molecule has 0 aromatic carbocycles. The highest BCUT2D eigenvalue weighted by Crippen LogP contribution is 2.46. The lowest BCUT2D eigenvalue weighted by Crippen LogP contribution is -2.54. The van der Waals surface area contributed by atoms with Gasteiger partial charge in [-0.2, -0.15) is 0 Å². The molecule has 0 bridgehead atoms. The van der Waals surface area contributed by atoms with Crippen molar-refractivity contribution in [1.82, 2.24) is 20.0 Å². The molecule has 2 atom stereocenters. The minimum absolute atomic E-state index is 0.00225. The Kier molecular flexibility index (Phi) is 5.93. The summed E-state index contributed by atoms with van der Waals surface area (Å²) < 4.78 is 5.44. The number of piperidine rings is 1. The molecule has 3 aliphatic heterocycles. The number of urea groups is 1. The number of amides is 3. The molecule has 1 saturated carbocycles. The van der Waals surface area contributed by atoms with Crippen molar-refractivity contribution in [3.63, 3.8) is 0 Å². The summed E-state index contributed by atoms with van der Waals surface area (Å²) in [5, 5.41) is 3.10. The largest absolute Gasteiger partial charge is 0.379 e. The van der Waals surface area contributed by atoms with E-state index in [1.807, 2.05) is 0 Å². The summed E-state index contributed by atoms with van der Waals surface area (Å²) in [7, 11) is 0. The number of rotatable bonds is 4. The predicted octanol–water partition coefficient (Wildman–Crippen LogP) is 2.12. The molecule has 4 fully saturated rings. The van der Waals surface area contributed by atoms with Gasteiger partial charge in [0, 0.05) is 32.7 Å². The van der Waals surface area contributed by atoms with Gasteiger partial charge in [0.25, 0.3) is 5.91 Å². The molecule has 1 aliphatic carbocycles. The van der Waals surface area contributed by atoms with Crippen molar-refractivity contribution in [2.75, 3.05) is 52.6 Å². The molecule has 0 radical (unpaired) electrons. The standard InChI is InChI=1S/C22H38N4O3/c1-17-12-21(2,3)15-22(13-17)19(27)26(20(28)23-22)16-25-6-4-18(5-7-25)14-24-8-10-29-11-9-24/h17-18H,4-16H2,1-3H3,(H,23,28). The zero-order valence-electron chi connectivity index (χ0n) is 18.4. The summed E-state index contributed by atoms with van der Waals surface area (Å²) in [6.07, 6.45) is 4.88. The van der Waals surface area contributed by atoms with Crippen LogP contribution >= 0.6 is 0 Å². The van der Waals surface area contributed by atoms with Gasteiger partial charge in [0.2, 0.25) is 0 Å². The van der Waals surface area contributed by atoms with Crippen LogP contribution < -0.4 is 5.32 Å². The van der Waals surface area contributed by atoms with Crippen LogP contribution in [-0.2, 0) is 9.53 Å². The molecule has 164 valence electrons. The Hall–Kier alpha value is -1.18. The molecule has 3 amide bonds. The van der Waals surface area contributed by atoms with E-state index >= 15 is 0 Å². The van der Waals surface area contributed by atoms with Crippen LogP contribution in [0.3, 0.4) is 0 Å². The lowest BCUT2D eigenvalue weighted by atomic mass is 9.64. The molecule has 1 N–H and O–H groups in total. The molecule has 0 aromatic heterocycles. The second-order valence-corrected chi connectivity index (χ2v) is 10.7. The molecule has 7 nitrogen and oxygen atoms in total. The number of imide groups is 1. The molecule has 2 unspecified atom stereocenters. The Morgan fingerprint density at radius 2 is 1.72 bits per heavy atom. The van der Waals surface area contributed by atoms with Gasteiger partial charge < -0.3 is 10.1 Å². The van der Waals surface area contributed by atoms with Crippen LogP contribution in [0.2, 0.25) is 0 Å². The third kappa shape index (κ3) is 4.62. The maximum Gasteiger partial charge on any atom is 0.326 e. The monoisotopic (exact) mass is 406 g/mol. The van der Waals surface area contributed by atoms with E-state index in [-0.39, 0.29) is 17.4 Å². The Morgan fingerprint density at radius 1 is 1.03 bits per heavy atom. The molecule has 7 heteroatoms. The molecule has 3 saturated heterocycles. The molecule has 1 spiro atoms. The van der Waals surface area contributed by atoms with Crippen molar-refractivity contribution < 1.29 is 14.3 Å². The topological polar surface area (TPSA) is 65.1 Å². The lowest BCUT2D eigenvalue weighted by Gasteiger charge is -2.44. The van der Waals surface area contributed by atoms with Gasteiger partial charge >= 0.3 is 6.03 Å². The van der Waals surface area contributed by atoms with E-state index in [0.29, 0.717) is 18.5 Å². The second-order valence-electron chi connectivity index (χ2n) is 10.7. The van der Waals surface area contributed by atoms with E-state index in [2.05, 4.69) is 35.9 Å². The van der Waals surface area contributed by atoms with Gasteiger partial charge in [-0.15, -0.1) is 0 Å². The molecular formula is C22H38N4O3. The molecule has 3 heterocycles. The van der Waals surface area contributed by atoms with E-state index in [9.17, 15) is 9.59 Å². The summed E-state index contributed by atoms with van der Waals surface area (Å²) in [5.74, 6) is 1.15. The number of hydrogen-bond acceptors (Lipinski definition) is 5. The van der Waals surface area contributed by atoms with Crippen molar-refractivity contribution >= 4 is 11.9 Å². The zero-order valence-corrected chi connectivity index (χ0v) is 18.4. The van der Waals surface area contributed by atoms with Crippen LogP contribution in [0.1, 0.15) is 52.9 Å². The molecular weight excluding hydrogens is 368 g/mol. The first-order valence-electron chi connectivity index (χ1n) is 11.4. The van der Waals surface area contributed by atoms with Gasteiger partial charge in [-0.25, -0.2) is 9.69 Å². The lowest BCUT2D eigenvalue weighted by molar-refractivity contribution is -0.136. The second kappa shape index (κ2) is 8.16. The van der Waals surface area contributed by atoms with E-state index in [1.165, 1.54) is 4.90 Å². The van der Waals surface area contributed by atoms with Gasteiger partial charge in [0.05, 0.1) is 19.9 Å². The molecule has 4 rings (SSSR count). The minimum Gasteiger partial charge on any atom is -0.379 e. The smallest absolute Gasteiger partial charge is 0.326 e. The fraction of sp³-hybridized carbons (Fsp3) is 0.909. The van der Waals surface area contributed by atoms with E-state index in [4.69, 9.17) is 4.74 Å². The fourth-order valence-corrected chi connectivity index (χ4v) is 6.29. The van der Waals surface area contributed by atoms with Crippen LogP contribution in [0.5, 0.6) is 0 Å². The third-order valence-corrected chi connectivity index (χ3v) is 7.29. The fourth-order valence-electron chi connectivity index (χ4n) is 6.29. The number of nitrogens with one attached hydrogen (secondary N) is 1. The first-order valence-corrected chi connectivity index (χ1v) is 11.4. The van der Waals surface area contributed by atoms with Gasteiger partial charge in [-0.1, -0.05) is 20.8 Å². The summed E-state index contributed by atoms with van der Waals surface area (Å²) in [6.45, 7) is 13.9. The van der Waals surface area contributed by atoms with E-state index in [1.54, 1.807) is 0 Å². The van der Waals surface area contributed by atoms with Crippen LogP contribution in [0.4, 0.5) is 4.79 Å². The predicted molar refractivity (Wildman–Crippen MR) is 111 cm³/mol. The first-order chi connectivity index (χ1) is 13.8. The molecule has 4 aliphatic rings. The normalized spacial score (nSPS) is 34.7. The van der Waals surface area contributed by atoms with Gasteiger partial charge in [0.15, 0.2) is 0 Å². The number of nitrogens with zero attached hydrogens (tertiary/aromatic N) is 3. The number of carbonyl (C=O) groups excluding carboxylic acids is 2. The quantitative estimate of drug-likeness (QED) is 0.725. The van der Waals surface area contributed by atoms with Crippen molar-refractivity contribution in [3.8, 4) is 0 Å². The zero-order chi connectivity index (χ0) is 20.6. The summed E-state index contributed by atoms with van der Waals surface area (Å²) in [6, 6.07) is -0.199. The van der Waals surface area contributed by atoms with Crippen molar-refractivity contribution in [1.29, 1.82) is 0 Å². The Balaban J connectivity index is 1.31.